The van der Waals surface area contributed by atoms with Crippen molar-refractivity contribution < 1.29 is 23.2 Å². The molecule has 146 valence electrons. The minimum atomic E-state index is -4.06. The van der Waals surface area contributed by atoms with E-state index in [9.17, 15) is 28.4 Å². The third-order valence-corrected chi connectivity index (χ3v) is 6.93. The molecular formula is C18H16N2O6S2. The zero-order valence-electron chi connectivity index (χ0n) is 14.5. The molecule has 0 fully saturated rings. The minimum Gasteiger partial charge on any atom is -0.508 e. The summed E-state index contributed by atoms with van der Waals surface area (Å²) in [4.78, 5) is 22.7. The zero-order valence-corrected chi connectivity index (χ0v) is 16.1. The Balaban J connectivity index is 1.96. The molecule has 1 heterocycles. The molecule has 0 bridgehead atoms. The molecule has 28 heavy (non-hydrogen) atoms. The maximum Gasteiger partial charge on any atom is 0.269 e. The number of non-ortho nitro benzene ring substituents is 1. The quantitative estimate of drug-likeness (QED) is 0.583. The molecule has 1 atom stereocenters. The molecule has 0 radical (unpaired) electrons. The second-order valence-corrected chi connectivity index (χ2v) is 8.82. The van der Waals surface area contributed by atoms with Crippen LogP contribution in [-0.2, 0) is 21.2 Å². The molecular weight excluding hydrogens is 404 g/mol. The SMILES string of the molecule is O=C1SC=CCN(S(=O)(=O)c2ccc([N+](=O)[O-])cc2)[C@H]1Cc1ccc(O)cc1. The van der Waals surface area contributed by atoms with Crippen LogP contribution in [0.4, 0.5) is 5.69 Å². The number of nitro benzene ring substituents is 1. The first-order chi connectivity index (χ1) is 13.3. The van der Waals surface area contributed by atoms with Crippen LogP contribution in [0, 0.1) is 10.1 Å². The van der Waals surface area contributed by atoms with E-state index >= 15 is 0 Å². The van der Waals surface area contributed by atoms with E-state index in [4.69, 9.17) is 0 Å². The Bertz CT molecular complexity index is 1020. The van der Waals surface area contributed by atoms with Gasteiger partial charge in [-0.05, 0) is 41.7 Å². The highest BCUT2D eigenvalue weighted by Gasteiger charge is 2.36. The summed E-state index contributed by atoms with van der Waals surface area (Å²) in [5, 5.41) is 21.4. The number of hydrogen-bond acceptors (Lipinski definition) is 7. The first-order valence-corrected chi connectivity index (χ1v) is 10.5. The topological polar surface area (TPSA) is 118 Å². The zero-order chi connectivity index (χ0) is 20.3. The number of rotatable bonds is 5. The molecule has 0 spiro atoms. The number of carbonyl (C=O) groups is 1. The molecule has 8 nitrogen and oxygen atoms in total. The lowest BCUT2D eigenvalue weighted by atomic mass is 10.1. The first kappa shape index (κ1) is 20.1. The molecule has 1 aliphatic rings. The van der Waals surface area contributed by atoms with Gasteiger partial charge in [-0.15, -0.1) is 0 Å². The largest absolute Gasteiger partial charge is 0.508 e. The van der Waals surface area contributed by atoms with Crippen molar-refractivity contribution in [3.8, 4) is 5.75 Å². The Kier molecular flexibility index (Phi) is 5.82. The van der Waals surface area contributed by atoms with Gasteiger partial charge in [0.05, 0.1) is 15.9 Å². The molecule has 3 rings (SSSR count). The number of thioether (sulfide) groups is 1. The van der Waals surface area contributed by atoms with Gasteiger partial charge in [-0.25, -0.2) is 8.42 Å². The lowest BCUT2D eigenvalue weighted by Gasteiger charge is -2.27. The first-order valence-electron chi connectivity index (χ1n) is 8.19. The molecule has 0 saturated carbocycles. The Morgan fingerprint density at radius 2 is 1.79 bits per heavy atom. The third-order valence-electron chi connectivity index (χ3n) is 4.20. The monoisotopic (exact) mass is 420 g/mol. The number of carbonyl (C=O) groups excluding carboxylic acids is 1. The van der Waals surface area contributed by atoms with Gasteiger partial charge in [0.1, 0.15) is 5.75 Å². The Morgan fingerprint density at radius 3 is 2.39 bits per heavy atom. The number of phenols is 1. The molecule has 2 aromatic carbocycles. The van der Waals surface area contributed by atoms with E-state index in [0.29, 0.717) is 5.56 Å². The molecule has 1 N–H and O–H groups in total. The van der Waals surface area contributed by atoms with Crippen molar-refractivity contribution in [1.29, 1.82) is 0 Å². The molecule has 0 amide bonds. The highest BCUT2D eigenvalue weighted by molar-refractivity contribution is 8.16. The summed E-state index contributed by atoms with van der Waals surface area (Å²) in [6.45, 7) is 0.000805. The number of nitrogens with zero attached hydrogens (tertiary/aromatic N) is 2. The Labute approximate surface area is 165 Å². The van der Waals surface area contributed by atoms with Gasteiger partial charge in [-0.2, -0.15) is 4.31 Å². The molecule has 0 saturated heterocycles. The van der Waals surface area contributed by atoms with Crippen molar-refractivity contribution in [2.24, 2.45) is 0 Å². The van der Waals surface area contributed by atoms with Gasteiger partial charge in [0.25, 0.3) is 5.69 Å². The summed E-state index contributed by atoms with van der Waals surface area (Å²) in [6, 6.07) is 9.80. The molecule has 0 unspecified atom stereocenters. The van der Waals surface area contributed by atoms with Crippen LogP contribution in [0.1, 0.15) is 5.56 Å². The summed E-state index contributed by atoms with van der Waals surface area (Å²) >= 11 is 0.927. The van der Waals surface area contributed by atoms with Gasteiger partial charge in [0.2, 0.25) is 15.1 Å². The number of aromatic hydroxyl groups is 1. The number of nitro groups is 1. The van der Waals surface area contributed by atoms with Crippen LogP contribution in [-0.4, -0.2) is 40.5 Å². The number of phenolic OH excluding ortho intramolecular Hbond substituents is 1. The summed E-state index contributed by atoms with van der Waals surface area (Å²) < 4.78 is 27.4. The van der Waals surface area contributed by atoms with Crippen LogP contribution < -0.4 is 0 Å². The maximum absolute atomic E-state index is 13.1. The Morgan fingerprint density at radius 1 is 1.14 bits per heavy atom. The fraction of sp³-hybridized carbons (Fsp3) is 0.167. The standard InChI is InChI=1S/C18H16N2O6S2/c21-15-6-2-13(3-7-15)12-17-18(22)27-11-1-10-19(17)28(25,26)16-8-4-14(5-9-16)20(23)24/h1-9,11,17,21H,10,12H2/t17-/m0/s1. The summed E-state index contributed by atoms with van der Waals surface area (Å²) in [6.07, 6.45) is 1.72. The van der Waals surface area contributed by atoms with E-state index in [-0.39, 0.29) is 34.4 Å². The predicted octanol–water partition coefficient (Wildman–Crippen LogP) is 2.69. The maximum atomic E-state index is 13.1. The van der Waals surface area contributed by atoms with Crippen molar-refractivity contribution in [2.75, 3.05) is 6.54 Å². The van der Waals surface area contributed by atoms with Gasteiger partial charge in [0.15, 0.2) is 0 Å². The lowest BCUT2D eigenvalue weighted by molar-refractivity contribution is -0.384. The average Bonchev–Trinajstić information content (AvgIpc) is 2.86. The summed E-state index contributed by atoms with van der Waals surface area (Å²) in [7, 11) is -4.06. The fourth-order valence-electron chi connectivity index (χ4n) is 2.77. The second kappa shape index (κ2) is 8.13. The molecule has 0 aromatic heterocycles. The second-order valence-electron chi connectivity index (χ2n) is 6.02. The van der Waals surface area contributed by atoms with Gasteiger partial charge < -0.3 is 5.11 Å². The molecule has 2 aromatic rings. The number of benzene rings is 2. The minimum absolute atomic E-state index is 0.000805. The summed E-state index contributed by atoms with van der Waals surface area (Å²) in [5.74, 6) is 0.0716. The smallest absolute Gasteiger partial charge is 0.269 e. The van der Waals surface area contributed by atoms with E-state index in [0.717, 1.165) is 40.3 Å². The van der Waals surface area contributed by atoms with Gasteiger partial charge in [-0.3, -0.25) is 14.9 Å². The fourth-order valence-corrected chi connectivity index (χ4v) is 5.06. The van der Waals surface area contributed by atoms with E-state index in [2.05, 4.69) is 0 Å². The Hall–Kier alpha value is -2.69. The van der Waals surface area contributed by atoms with Crippen LogP contribution in [0.25, 0.3) is 0 Å². The number of sulfonamides is 1. The third kappa shape index (κ3) is 4.24. The van der Waals surface area contributed by atoms with E-state index in [1.807, 2.05) is 0 Å². The van der Waals surface area contributed by atoms with Crippen molar-refractivity contribution in [3.63, 3.8) is 0 Å². The lowest BCUT2D eigenvalue weighted by Crippen LogP contribution is -2.44. The van der Waals surface area contributed by atoms with Crippen molar-refractivity contribution in [2.45, 2.75) is 17.4 Å². The highest BCUT2D eigenvalue weighted by atomic mass is 32.2. The van der Waals surface area contributed by atoms with Gasteiger partial charge in [0, 0.05) is 18.7 Å². The average molecular weight is 420 g/mol. The molecule has 10 heteroatoms. The van der Waals surface area contributed by atoms with E-state index in [1.165, 1.54) is 12.1 Å². The van der Waals surface area contributed by atoms with Crippen molar-refractivity contribution in [3.05, 3.63) is 75.7 Å². The predicted molar refractivity (Wildman–Crippen MR) is 104 cm³/mol. The highest BCUT2D eigenvalue weighted by Crippen LogP contribution is 2.28. The van der Waals surface area contributed by atoms with Crippen LogP contribution in [0.3, 0.4) is 0 Å². The van der Waals surface area contributed by atoms with Crippen LogP contribution in [0.5, 0.6) is 5.75 Å². The van der Waals surface area contributed by atoms with Crippen LogP contribution >= 0.6 is 11.8 Å². The van der Waals surface area contributed by atoms with E-state index < -0.39 is 21.0 Å². The van der Waals surface area contributed by atoms with Crippen LogP contribution in [0.15, 0.2) is 64.9 Å². The normalized spacial score (nSPS) is 18.0. The van der Waals surface area contributed by atoms with E-state index in [1.54, 1.807) is 23.6 Å². The van der Waals surface area contributed by atoms with Gasteiger partial charge >= 0.3 is 0 Å². The van der Waals surface area contributed by atoms with Crippen LogP contribution in [0.2, 0.25) is 0 Å². The molecule has 0 aliphatic carbocycles. The van der Waals surface area contributed by atoms with Crippen molar-refractivity contribution >= 4 is 32.6 Å². The van der Waals surface area contributed by atoms with Gasteiger partial charge in [-0.1, -0.05) is 30.0 Å². The molecule has 1 aliphatic heterocycles. The number of hydrogen-bond donors (Lipinski definition) is 1. The van der Waals surface area contributed by atoms with Crippen molar-refractivity contribution in [1.82, 2.24) is 4.31 Å². The summed E-state index contributed by atoms with van der Waals surface area (Å²) in [5.41, 5.74) is 0.476.